The first-order chi connectivity index (χ1) is 9.97. The summed E-state index contributed by atoms with van der Waals surface area (Å²) in [5, 5.41) is 2.96. The molecule has 1 aromatic carbocycles. The highest BCUT2D eigenvalue weighted by Gasteiger charge is 2.23. The van der Waals surface area contributed by atoms with Crippen LogP contribution in [0.1, 0.15) is 13.8 Å². The van der Waals surface area contributed by atoms with Gasteiger partial charge in [-0.15, -0.1) is 0 Å². The number of hydrogen-bond acceptors (Lipinski definition) is 5. The normalized spacial score (nSPS) is 15.0. The van der Waals surface area contributed by atoms with E-state index in [1.54, 1.807) is 39.2 Å². The first kappa shape index (κ1) is 14.8. The molecule has 0 atom stereocenters. The Morgan fingerprint density at radius 3 is 2.33 bits per heavy atom. The summed E-state index contributed by atoms with van der Waals surface area (Å²) < 4.78 is 10.4. The predicted octanol–water partition coefficient (Wildman–Crippen LogP) is 2.49. The van der Waals surface area contributed by atoms with Gasteiger partial charge >= 0.3 is 0 Å². The fourth-order valence-electron chi connectivity index (χ4n) is 2.00. The van der Waals surface area contributed by atoms with E-state index in [4.69, 9.17) is 9.47 Å². The minimum absolute atomic E-state index is 0.165. The van der Waals surface area contributed by atoms with Gasteiger partial charge in [-0.25, -0.2) is 0 Å². The second kappa shape index (κ2) is 5.83. The second-order valence-corrected chi connectivity index (χ2v) is 4.69. The zero-order valence-corrected chi connectivity index (χ0v) is 12.4. The zero-order chi connectivity index (χ0) is 15.6. The number of Topliss-reactive ketones (excluding diaryl/α,β-unsaturated/α-hetero) is 1. The molecule has 0 spiro atoms. The van der Waals surface area contributed by atoms with Crippen molar-refractivity contribution in [2.24, 2.45) is 0 Å². The third kappa shape index (κ3) is 2.81. The van der Waals surface area contributed by atoms with Gasteiger partial charge in [-0.05, 0) is 26.0 Å². The number of hydrogen-bond donors (Lipinski definition) is 1. The van der Waals surface area contributed by atoms with Crippen LogP contribution >= 0.6 is 0 Å². The van der Waals surface area contributed by atoms with Crippen LogP contribution < -0.4 is 14.8 Å². The van der Waals surface area contributed by atoms with Crippen LogP contribution in [0, 0.1) is 0 Å². The van der Waals surface area contributed by atoms with Gasteiger partial charge in [0, 0.05) is 23.3 Å². The van der Waals surface area contributed by atoms with Crippen LogP contribution in [0.2, 0.25) is 0 Å². The second-order valence-electron chi connectivity index (χ2n) is 4.69. The average Bonchev–Trinajstić information content (AvgIpc) is 2.50. The van der Waals surface area contributed by atoms with Gasteiger partial charge in [-0.2, -0.15) is 0 Å². The SMILES string of the molecule is COc1ccc(NC2=CC(=O)C(C)=C(C)C2=O)c(OC)c1. The lowest BCUT2D eigenvalue weighted by atomic mass is 9.95. The summed E-state index contributed by atoms with van der Waals surface area (Å²) in [6.45, 7) is 3.30. The largest absolute Gasteiger partial charge is 0.497 e. The summed E-state index contributed by atoms with van der Waals surface area (Å²) in [4.78, 5) is 24.0. The first-order valence-electron chi connectivity index (χ1n) is 6.45. The number of carbonyl (C=O) groups excluding carboxylic acids is 2. The number of anilines is 1. The number of rotatable bonds is 4. The molecule has 0 saturated heterocycles. The van der Waals surface area contributed by atoms with Gasteiger partial charge in [0.15, 0.2) is 5.78 Å². The van der Waals surface area contributed by atoms with Gasteiger partial charge in [0.1, 0.15) is 11.5 Å². The van der Waals surface area contributed by atoms with Crippen LogP contribution in [0.15, 0.2) is 41.1 Å². The molecule has 0 radical (unpaired) electrons. The van der Waals surface area contributed by atoms with Crippen molar-refractivity contribution in [2.75, 3.05) is 19.5 Å². The van der Waals surface area contributed by atoms with Crippen molar-refractivity contribution in [3.8, 4) is 11.5 Å². The van der Waals surface area contributed by atoms with E-state index in [0.29, 0.717) is 28.3 Å². The third-order valence-corrected chi connectivity index (χ3v) is 3.47. The average molecular weight is 287 g/mol. The summed E-state index contributed by atoms with van der Waals surface area (Å²) in [5.41, 5.74) is 1.77. The van der Waals surface area contributed by atoms with Crippen molar-refractivity contribution < 1.29 is 19.1 Å². The molecular weight excluding hydrogens is 270 g/mol. The molecule has 0 saturated carbocycles. The van der Waals surface area contributed by atoms with Crippen molar-refractivity contribution in [3.63, 3.8) is 0 Å². The molecule has 110 valence electrons. The Kier molecular flexibility index (Phi) is 4.12. The van der Waals surface area contributed by atoms with Gasteiger partial charge < -0.3 is 14.8 Å². The van der Waals surface area contributed by atoms with Crippen LogP contribution in [0.5, 0.6) is 11.5 Å². The van der Waals surface area contributed by atoms with Crippen molar-refractivity contribution in [1.29, 1.82) is 0 Å². The van der Waals surface area contributed by atoms with E-state index in [1.165, 1.54) is 13.2 Å². The Morgan fingerprint density at radius 2 is 1.71 bits per heavy atom. The van der Waals surface area contributed by atoms with E-state index in [1.807, 2.05) is 0 Å². The highest BCUT2D eigenvalue weighted by atomic mass is 16.5. The lowest BCUT2D eigenvalue weighted by Crippen LogP contribution is -2.21. The predicted molar refractivity (Wildman–Crippen MR) is 79.6 cm³/mol. The fourth-order valence-corrected chi connectivity index (χ4v) is 2.00. The topological polar surface area (TPSA) is 64.6 Å². The maximum absolute atomic E-state index is 12.2. The van der Waals surface area contributed by atoms with E-state index in [2.05, 4.69) is 5.32 Å². The molecule has 0 unspecified atom stereocenters. The molecule has 0 amide bonds. The molecule has 0 heterocycles. The van der Waals surface area contributed by atoms with E-state index in [9.17, 15) is 9.59 Å². The number of carbonyl (C=O) groups is 2. The highest BCUT2D eigenvalue weighted by Crippen LogP contribution is 2.31. The van der Waals surface area contributed by atoms with Crippen molar-refractivity contribution >= 4 is 17.3 Å². The molecule has 1 aromatic rings. The number of methoxy groups -OCH3 is 2. The van der Waals surface area contributed by atoms with Crippen molar-refractivity contribution in [1.82, 2.24) is 0 Å². The number of ketones is 2. The monoisotopic (exact) mass is 287 g/mol. The Hall–Kier alpha value is -2.56. The minimum Gasteiger partial charge on any atom is -0.497 e. The van der Waals surface area contributed by atoms with E-state index in [-0.39, 0.29) is 17.3 Å². The van der Waals surface area contributed by atoms with Crippen molar-refractivity contribution in [3.05, 3.63) is 41.1 Å². The Labute approximate surface area is 123 Å². The molecule has 1 aliphatic carbocycles. The van der Waals surface area contributed by atoms with Crippen LogP contribution in [0.4, 0.5) is 5.69 Å². The number of benzene rings is 1. The summed E-state index contributed by atoms with van der Waals surface area (Å²) in [6, 6.07) is 5.18. The van der Waals surface area contributed by atoms with Crippen LogP contribution in [0.25, 0.3) is 0 Å². The zero-order valence-electron chi connectivity index (χ0n) is 12.4. The maximum Gasteiger partial charge on any atom is 0.205 e. The summed E-state index contributed by atoms with van der Waals surface area (Å²) in [7, 11) is 3.09. The molecule has 1 aliphatic rings. The molecule has 0 fully saturated rings. The van der Waals surface area contributed by atoms with Crippen LogP contribution in [0.3, 0.4) is 0 Å². The number of nitrogens with one attached hydrogen (secondary N) is 1. The molecular formula is C16H17NO4. The molecule has 21 heavy (non-hydrogen) atoms. The molecule has 2 rings (SSSR count). The smallest absolute Gasteiger partial charge is 0.205 e. The molecule has 0 aliphatic heterocycles. The molecule has 5 heteroatoms. The van der Waals surface area contributed by atoms with E-state index >= 15 is 0 Å². The Morgan fingerprint density at radius 1 is 1.00 bits per heavy atom. The third-order valence-electron chi connectivity index (χ3n) is 3.47. The summed E-state index contributed by atoms with van der Waals surface area (Å²) in [5.74, 6) is 0.816. The Bertz CT molecular complexity index is 671. The number of allylic oxidation sites excluding steroid dienone is 3. The van der Waals surface area contributed by atoms with Gasteiger partial charge in [0.25, 0.3) is 0 Å². The van der Waals surface area contributed by atoms with E-state index in [0.717, 1.165) is 0 Å². The van der Waals surface area contributed by atoms with Gasteiger partial charge in [0.05, 0.1) is 25.6 Å². The molecule has 0 bridgehead atoms. The van der Waals surface area contributed by atoms with Gasteiger partial charge in [-0.3, -0.25) is 9.59 Å². The molecule has 5 nitrogen and oxygen atoms in total. The summed E-state index contributed by atoms with van der Waals surface area (Å²) >= 11 is 0. The standard InChI is InChI=1S/C16H17NO4/c1-9-10(2)16(19)13(8-14(9)18)17-12-6-5-11(20-3)7-15(12)21-4/h5-8,17H,1-4H3. The lowest BCUT2D eigenvalue weighted by molar-refractivity contribution is -0.115. The highest BCUT2D eigenvalue weighted by molar-refractivity contribution is 6.23. The van der Waals surface area contributed by atoms with Crippen LogP contribution in [-0.2, 0) is 9.59 Å². The molecule has 1 N–H and O–H groups in total. The lowest BCUT2D eigenvalue weighted by Gasteiger charge is -2.18. The van der Waals surface area contributed by atoms with Crippen LogP contribution in [-0.4, -0.2) is 25.8 Å². The number of ether oxygens (including phenoxy) is 2. The van der Waals surface area contributed by atoms with Crippen molar-refractivity contribution in [2.45, 2.75) is 13.8 Å². The first-order valence-corrected chi connectivity index (χ1v) is 6.45. The van der Waals surface area contributed by atoms with E-state index < -0.39 is 0 Å². The molecule has 0 aromatic heterocycles. The maximum atomic E-state index is 12.2. The van der Waals surface area contributed by atoms with Gasteiger partial charge in [0.2, 0.25) is 5.78 Å². The Balaban J connectivity index is 2.33. The van der Waals surface area contributed by atoms with Gasteiger partial charge in [-0.1, -0.05) is 0 Å². The minimum atomic E-state index is -0.190. The summed E-state index contributed by atoms with van der Waals surface area (Å²) in [6.07, 6.45) is 1.31. The quantitative estimate of drug-likeness (QED) is 0.862. The fraction of sp³-hybridized carbons (Fsp3) is 0.250.